The Bertz CT molecular complexity index is 323. The fourth-order valence-corrected chi connectivity index (χ4v) is 1.64. The molecule has 4 nitrogen and oxygen atoms in total. The molecule has 1 unspecified atom stereocenters. The summed E-state index contributed by atoms with van der Waals surface area (Å²) in [6.45, 7) is 5.20. The van der Waals surface area contributed by atoms with Crippen LogP contribution in [0.5, 0.6) is 0 Å². The molecule has 0 aliphatic heterocycles. The number of aromatic nitrogens is 2. The molecule has 0 saturated heterocycles. The smallest absolute Gasteiger partial charge is 0.131 e. The van der Waals surface area contributed by atoms with Crippen LogP contribution in [0.2, 0.25) is 5.15 Å². The van der Waals surface area contributed by atoms with E-state index in [2.05, 4.69) is 10.4 Å². The Balaban J connectivity index is 2.44. The van der Waals surface area contributed by atoms with E-state index in [1.165, 1.54) is 0 Å². The van der Waals surface area contributed by atoms with Crippen molar-refractivity contribution in [3.63, 3.8) is 0 Å². The largest absolute Gasteiger partial charge is 0.393 e. The van der Waals surface area contributed by atoms with Crippen molar-refractivity contribution in [1.82, 2.24) is 15.1 Å². The fourth-order valence-electron chi connectivity index (χ4n) is 1.40. The monoisotopic (exact) mass is 231 g/mol. The Morgan fingerprint density at radius 2 is 2.27 bits per heavy atom. The first-order valence-electron chi connectivity index (χ1n) is 5.09. The molecule has 2 N–H and O–H groups in total. The first-order valence-corrected chi connectivity index (χ1v) is 5.47. The van der Waals surface area contributed by atoms with E-state index in [-0.39, 0.29) is 6.10 Å². The Morgan fingerprint density at radius 1 is 1.60 bits per heavy atom. The van der Waals surface area contributed by atoms with E-state index in [1.54, 1.807) is 11.6 Å². The topological polar surface area (TPSA) is 50.1 Å². The zero-order valence-corrected chi connectivity index (χ0v) is 10.2. The van der Waals surface area contributed by atoms with Gasteiger partial charge in [0.15, 0.2) is 0 Å². The molecule has 0 bridgehead atoms. The minimum atomic E-state index is -0.261. The summed E-state index contributed by atoms with van der Waals surface area (Å²) in [5.41, 5.74) is 1.98. The predicted molar refractivity (Wildman–Crippen MR) is 61.0 cm³/mol. The summed E-state index contributed by atoms with van der Waals surface area (Å²) >= 11 is 6.07. The van der Waals surface area contributed by atoms with Gasteiger partial charge in [0.25, 0.3) is 0 Å². The van der Waals surface area contributed by atoms with Crippen LogP contribution in [0.4, 0.5) is 0 Å². The first-order chi connectivity index (χ1) is 7.02. The normalized spacial score (nSPS) is 13.1. The summed E-state index contributed by atoms with van der Waals surface area (Å²) in [5, 5.41) is 17.2. The third kappa shape index (κ3) is 3.48. The Labute approximate surface area is 95.2 Å². The van der Waals surface area contributed by atoms with Gasteiger partial charge in [-0.3, -0.25) is 4.68 Å². The van der Waals surface area contributed by atoms with E-state index >= 15 is 0 Å². The molecule has 86 valence electrons. The molecule has 0 amide bonds. The molecule has 0 aliphatic rings. The molecule has 0 fully saturated rings. The van der Waals surface area contributed by atoms with Crippen LogP contribution in [-0.2, 0) is 13.6 Å². The molecule has 0 radical (unpaired) electrons. The van der Waals surface area contributed by atoms with Gasteiger partial charge in [0.2, 0.25) is 0 Å². The first kappa shape index (κ1) is 12.5. The third-order valence-electron chi connectivity index (χ3n) is 2.31. The molecular weight excluding hydrogens is 214 g/mol. The number of aliphatic hydroxyl groups is 1. The Kier molecular flexibility index (Phi) is 4.57. The number of nitrogens with one attached hydrogen (secondary N) is 1. The molecule has 0 saturated carbocycles. The molecule has 0 aromatic carbocycles. The highest BCUT2D eigenvalue weighted by Gasteiger charge is 2.10. The molecular formula is C10H18ClN3O. The van der Waals surface area contributed by atoms with Gasteiger partial charge in [-0.25, -0.2) is 0 Å². The number of halogens is 1. The lowest BCUT2D eigenvalue weighted by Crippen LogP contribution is -2.19. The van der Waals surface area contributed by atoms with Gasteiger partial charge in [-0.2, -0.15) is 5.10 Å². The second-order valence-electron chi connectivity index (χ2n) is 3.79. The fraction of sp³-hybridized carbons (Fsp3) is 0.700. The van der Waals surface area contributed by atoms with Gasteiger partial charge in [0.1, 0.15) is 5.15 Å². The van der Waals surface area contributed by atoms with Crippen molar-refractivity contribution in [3.05, 3.63) is 16.4 Å². The summed E-state index contributed by atoms with van der Waals surface area (Å²) in [5.74, 6) is 0. The van der Waals surface area contributed by atoms with E-state index in [0.717, 1.165) is 24.2 Å². The van der Waals surface area contributed by atoms with Crippen LogP contribution in [0, 0.1) is 6.92 Å². The van der Waals surface area contributed by atoms with Crippen molar-refractivity contribution in [1.29, 1.82) is 0 Å². The van der Waals surface area contributed by atoms with Crippen LogP contribution in [0.25, 0.3) is 0 Å². The Morgan fingerprint density at radius 3 is 2.73 bits per heavy atom. The van der Waals surface area contributed by atoms with Gasteiger partial charge < -0.3 is 10.4 Å². The standard InChI is InChI=1S/C10H18ClN3O/c1-7(15)4-5-12-6-9-8(2)13-14(3)10(9)11/h7,12,15H,4-6H2,1-3H3. The van der Waals surface area contributed by atoms with Gasteiger partial charge in [0, 0.05) is 19.2 Å². The number of nitrogens with zero attached hydrogens (tertiary/aromatic N) is 2. The van der Waals surface area contributed by atoms with Gasteiger partial charge in [-0.05, 0) is 26.8 Å². The second kappa shape index (κ2) is 5.49. The molecule has 1 atom stereocenters. The van der Waals surface area contributed by atoms with Crippen LogP contribution in [-0.4, -0.2) is 27.5 Å². The number of aliphatic hydroxyl groups excluding tert-OH is 1. The molecule has 15 heavy (non-hydrogen) atoms. The maximum atomic E-state index is 9.08. The Hall–Kier alpha value is -0.580. The van der Waals surface area contributed by atoms with Crippen molar-refractivity contribution in [2.24, 2.45) is 7.05 Å². The molecule has 1 aromatic heterocycles. The van der Waals surface area contributed by atoms with Gasteiger partial charge in [-0.1, -0.05) is 11.6 Å². The van der Waals surface area contributed by atoms with Crippen molar-refractivity contribution in [3.8, 4) is 0 Å². The van der Waals surface area contributed by atoms with Gasteiger partial charge in [-0.15, -0.1) is 0 Å². The summed E-state index contributed by atoms with van der Waals surface area (Å²) in [6, 6.07) is 0. The zero-order chi connectivity index (χ0) is 11.4. The minimum Gasteiger partial charge on any atom is -0.393 e. The maximum Gasteiger partial charge on any atom is 0.131 e. The van der Waals surface area contributed by atoms with Crippen LogP contribution >= 0.6 is 11.6 Å². The molecule has 5 heteroatoms. The number of aryl methyl sites for hydroxylation is 2. The van der Waals surface area contributed by atoms with E-state index in [0.29, 0.717) is 11.7 Å². The molecule has 1 aromatic rings. The summed E-state index contributed by atoms with van der Waals surface area (Å²) in [6.07, 6.45) is 0.486. The third-order valence-corrected chi connectivity index (χ3v) is 2.78. The van der Waals surface area contributed by atoms with Crippen LogP contribution in [0.3, 0.4) is 0 Å². The highest BCUT2D eigenvalue weighted by molar-refractivity contribution is 6.30. The molecule has 0 spiro atoms. The van der Waals surface area contributed by atoms with Crippen molar-refractivity contribution in [2.45, 2.75) is 32.9 Å². The summed E-state index contributed by atoms with van der Waals surface area (Å²) < 4.78 is 1.67. The molecule has 1 rings (SSSR count). The SMILES string of the molecule is Cc1nn(C)c(Cl)c1CNCCC(C)O. The second-order valence-corrected chi connectivity index (χ2v) is 4.15. The summed E-state index contributed by atoms with van der Waals surface area (Å²) in [7, 11) is 1.83. The van der Waals surface area contributed by atoms with Gasteiger partial charge >= 0.3 is 0 Å². The van der Waals surface area contributed by atoms with Crippen LogP contribution in [0.15, 0.2) is 0 Å². The van der Waals surface area contributed by atoms with E-state index in [9.17, 15) is 0 Å². The lowest BCUT2D eigenvalue weighted by Gasteiger charge is -2.06. The van der Waals surface area contributed by atoms with Crippen molar-refractivity contribution < 1.29 is 5.11 Å². The quantitative estimate of drug-likeness (QED) is 0.750. The van der Waals surface area contributed by atoms with Crippen molar-refractivity contribution >= 4 is 11.6 Å². The van der Waals surface area contributed by atoms with Gasteiger partial charge in [0.05, 0.1) is 11.8 Å². The maximum absolute atomic E-state index is 9.08. The van der Waals surface area contributed by atoms with Crippen LogP contribution < -0.4 is 5.32 Å². The van der Waals surface area contributed by atoms with Crippen LogP contribution in [0.1, 0.15) is 24.6 Å². The van der Waals surface area contributed by atoms with E-state index in [4.69, 9.17) is 16.7 Å². The molecule has 0 aliphatic carbocycles. The highest BCUT2D eigenvalue weighted by atomic mass is 35.5. The average molecular weight is 232 g/mol. The highest BCUT2D eigenvalue weighted by Crippen LogP contribution is 2.17. The number of hydrogen-bond donors (Lipinski definition) is 2. The lowest BCUT2D eigenvalue weighted by molar-refractivity contribution is 0.183. The van der Waals surface area contributed by atoms with E-state index in [1.807, 2.05) is 14.0 Å². The minimum absolute atomic E-state index is 0.261. The number of hydrogen-bond acceptors (Lipinski definition) is 3. The zero-order valence-electron chi connectivity index (χ0n) is 9.42. The van der Waals surface area contributed by atoms with E-state index < -0.39 is 0 Å². The number of rotatable bonds is 5. The van der Waals surface area contributed by atoms with Crippen molar-refractivity contribution in [2.75, 3.05) is 6.54 Å². The average Bonchev–Trinajstić information content (AvgIpc) is 2.37. The summed E-state index contributed by atoms with van der Waals surface area (Å²) in [4.78, 5) is 0. The molecule has 1 heterocycles. The lowest BCUT2D eigenvalue weighted by atomic mass is 10.2. The predicted octanol–water partition coefficient (Wildman–Crippen LogP) is 1.24.